The van der Waals surface area contributed by atoms with E-state index >= 15 is 0 Å². The second kappa shape index (κ2) is 6.21. The van der Waals surface area contributed by atoms with Gasteiger partial charge in [0.2, 0.25) is 0 Å². The molecule has 3 rings (SSSR count). The minimum absolute atomic E-state index is 0.196. The molecule has 24 heavy (non-hydrogen) atoms. The van der Waals surface area contributed by atoms with E-state index in [1.54, 1.807) is 0 Å². The zero-order chi connectivity index (χ0) is 17.5. The van der Waals surface area contributed by atoms with E-state index in [0.717, 1.165) is 22.7 Å². The quantitative estimate of drug-likeness (QED) is 0.697. The fourth-order valence-electron chi connectivity index (χ4n) is 2.14. The van der Waals surface area contributed by atoms with Crippen molar-refractivity contribution in [2.45, 2.75) is 30.8 Å². The lowest BCUT2D eigenvalue weighted by atomic mass is 10.2. The first-order valence-electron chi connectivity index (χ1n) is 6.90. The number of halogens is 3. The summed E-state index contributed by atoms with van der Waals surface area (Å²) in [7, 11) is 0. The predicted molar refractivity (Wildman–Crippen MR) is 88.5 cm³/mol. The molecular formula is C15H12F3N3OS2. The van der Waals surface area contributed by atoms with Gasteiger partial charge < -0.3 is 4.98 Å². The normalized spacial score (nSPS) is 12.0. The smallest absolute Gasteiger partial charge is 0.309 e. The minimum atomic E-state index is -4.40. The number of aromatic amines is 1. The van der Waals surface area contributed by atoms with E-state index in [0.29, 0.717) is 26.8 Å². The van der Waals surface area contributed by atoms with Gasteiger partial charge in [0.05, 0.1) is 21.7 Å². The van der Waals surface area contributed by atoms with Crippen molar-refractivity contribution >= 4 is 33.3 Å². The number of H-pyrrole nitrogens is 1. The molecule has 0 aliphatic heterocycles. The minimum Gasteiger partial charge on any atom is -0.309 e. The zero-order valence-electron chi connectivity index (χ0n) is 12.7. The van der Waals surface area contributed by atoms with Crippen LogP contribution in [0.2, 0.25) is 0 Å². The van der Waals surface area contributed by atoms with E-state index in [2.05, 4.69) is 15.0 Å². The number of rotatable bonds is 3. The summed E-state index contributed by atoms with van der Waals surface area (Å²) in [6, 6.07) is 2.30. The molecule has 0 saturated heterocycles. The molecule has 3 aromatic rings. The van der Waals surface area contributed by atoms with Crippen LogP contribution in [0.4, 0.5) is 13.2 Å². The first-order chi connectivity index (χ1) is 11.3. The van der Waals surface area contributed by atoms with Crippen molar-refractivity contribution in [2.75, 3.05) is 0 Å². The van der Waals surface area contributed by atoms with Crippen LogP contribution < -0.4 is 5.56 Å². The molecule has 0 amide bonds. The highest BCUT2D eigenvalue weighted by Gasteiger charge is 2.30. The first-order valence-corrected chi connectivity index (χ1v) is 8.71. The van der Waals surface area contributed by atoms with Crippen molar-refractivity contribution in [3.8, 4) is 0 Å². The number of hydrogen-bond donors (Lipinski definition) is 1. The lowest BCUT2D eigenvalue weighted by molar-refractivity contribution is -0.137. The summed E-state index contributed by atoms with van der Waals surface area (Å²) in [6.45, 7) is 3.81. The summed E-state index contributed by atoms with van der Waals surface area (Å²) in [6.07, 6.45) is -3.60. The molecule has 9 heteroatoms. The number of hydrogen-bond acceptors (Lipinski definition) is 5. The standard InChI is InChI=1S/C15H12F3N3OS2/c1-7-8(2)24-14-12(7)13(22)20-10(21-14)6-23-11-4-3-9(5-19-11)15(16,17)18/h3-5H,6H2,1-2H3,(H,20,21,22). The molecule has 0 fully saturated rings. The van der Waals surface area contributed by atoms with Crippen LogP contribution in [-0.2, 0) is 11.9 Å². The lowest BCUT2D eigenvalue weighted by Gasteiger charge is -2.06. The van der Waals surface area contributed by atoms with Gasteiger partial charge in [-0.05, 0) is 31.5 Å². The maximum absolute atomic E-state index is 12.5. The second-order valence-electron chi connectivity index (χ2n) is 5.15. The van der Waals surface area contributed by atoms with E-state index in [1.807, 2.05) is 13.8 Å². The molecule has 0 spiro atoms. The molecule has 0 bridgehead atoms. The van der Waals surface area contributed by atoms with Crippen molar-refractivity contribution in [3.05, 3.63) is 50.5 Å². The predicted octanol–water partition coefficient (Wildman–Crippen LogP) is 4.31. The van der Waals surface area contributed by atoms with Crippen LogP contribution >= 0.6 is 23.1 Å². The van der Waals surface area contributed by atoms with Crippen LogP contribution in [0.1, 0.15) is 21.8 Å². The Balaban J connectivity index is 1.80. The summed E-state index contributed by atoms with van der Waals surface area (Å²) in [4.78, 5) is 24.8. The number of aromatic nitrogens is 3. The number of thioether (sulfide) groups is 1. The number of fused-ring (bicyclic) bond motifs is 1. The number of nitrogens with zero attached hydrogens (tertiary/aromatic N) is 2. The Morgan fingerprint density at radius 3 is 2.67 bits per heavy atom. The highest BCUT2D eigenvalue weighted by molar-refractivity contribution is 7.98. The van der Waals surface area contributed by atoms with Crippen molar-refractivity contribution in [3.63, 3.8) is 0 Å². The van der Waals surface area contributed by atoms with E-state index < -0.39 is 11.7 Å². The van der Waals surface area contributed by atoms with Gasteiger partial charge in [-0.2, -0.15) is 13.2 Å². The van der Waals surface area contributed by atoms with Gasteiger partial charge in [-0.1, -0.05) is 11.8 Å². The molecule has 0 atom stereocenters. The Morgan fingerprint density at radius 1 is 1.29 bits per heavy atom. The van der Waals surface area contributed by atoms with Gasteiger partial charge in [-0.3, -0.25) is 4.79 Å². The Kier molecular flexibility index (Phi) is 4.39. The first kappa shape index (κ1) is 17.0. The highest BCUT2D eigenvalue weighted by atomic mass is 32.2. The molecule has 0 aliphatic rings. The average Bonchev–Trinajstić information content (AvgIpc) is 2.80. The van der Waals surface area contributed by atoms with E-state index in [1.165, 1.54) is 29.2 Å². The SMILES string of the molecule is Cc1sc2nc(CSc3ccc(C(F)(F)F)cn3)[nH]c(=O)c2c1C. The van der Waals surface area contributed by atoms with E-state index in [9.17, 15) is 18.0 Å². The number of nitrogens with one attached hydrogen (secondary N) is 1. The topological polar surface area (TPSA) is 58.6 Å². The summed E-state index contributed by atoms with van der Waals surface area (Å²) < 4.78 is 37.5. The molecule has 0 unspecified atom stereocenters. The van der Waals surface area contributed by atoms with Crippen LogP contribution in [-0.4, -0.2) is 15.0 Å². The third kappa shape index (κ3) is 3.32. The summed E-state index contributed by atoms with van der Waals surface area (Å²) in [5, 5.41) is 1.03. The molecule has 0 aliphatic carbocycles. The molecule has 3 aromatic heterocycles. The van der Waals surface area contributed by atoms with Crippen LogP contribution in [0.3, 0.4) is 0 Å². The van der Waals surface area contributed by atoms with Crippen molar-refractivity contribution in [1.82, 2.24) is 15.0 Å². The highest BCUT2D eigenvalue weighted by Crippen LogP contribution is 2.30. The summed E-state index contributed by atoms with van der Waals surface area (Å²) >= 11 is 2.67. The second-order valence-corrected chi connectivity index (χ2v) is 7.35. The number of pyridine rings is 1. The van der Waals surface area contributed by atoms with Crippen LogP contribution in [0.15, 0.2) is 28.2 Å². The number of alkyl halides is 3. The number of thiophene rings is 1. The van der Waals surface area contributed by atoms with Gasteiger partial charge in [-0.25, -0.2) is 9.97 Å². The third-order valence-corrected chi connectivity index (χ3v) is 5.56. The monoisotopic (exact) mass is 371 g/mol. The van der Waals surface area contributed by atoms with Gasteiger partial charge in [0.1, 0.15) is 10.7 Å². The van der Waals surface area contributed by atoms with Crippen molar-refractivity contribution in [2.24, 2.45) is 0 Å². The fourth-order valence-corrected chi connectivity index (χ4v) is 3.90. The molecule has 126 valence electrons. The fraction of sp³-hybridized carbons (Fsp3) is 0.267. The van der Waals surface area contributed by atoms with Crippen LogP contribution in [0.5, 0.6) is 0 Å². The van der Waals surface area contributed by atoms with Crippen molar-refractivity contribution in [1.29, 1.82) is 0 Å². The maximum atomic E-state index is 12.5. The van der Waals surface area contributed by atoms with Gasteiger partial charge in [0.25, 0.3) is 5.56 Å². The van der Waals surface area contributed by atoms with Gasteiger partial charge in [-0.15, -0.1) is 11.3 Å². The van der Waals surface area contributed by atoms with Gasteiger partial charge in [0.15, 0.2) is 0 Å². The average molecular weight is 371 g/mol. The summed E-state index contributed by atoms with van der Waals surface area (Å²) in [5.74, 6) is 0.792. The number of aryl methyl sites for hydroxylation is 2. The third-order valence-electron chi connectivity index (χ3n) is 3.51. The van der Waals surface area contributed by atoms with Crippen LogP contribution in [0, 0.1) is 13.8 Å². The molecule has 4 nitrogen and oxygen atoms in total. The Hall–Kier alpha value is -1.87. The van der Waals surface area contributed by atoms with Crippen LogP contribution in [0.25, 0.3) is 10.2 Å². The van der Waals surface area contributed by atoms with E-state index in [-0.39, 0.29) is 5.56 Å². The van der Waals surface area contributed by atoms with E-state index in [4.69, 9.17) is 0 Å². The lowest BCUT2D eigenvalue weighted by Crippen LogP contribution is -2.10. The Labute approximate surface area is 143 Å². The molecule has 3 heterocycles. The largest absolute Gasteiger partial charge is 0.417 e. The molecule has 0 saturated carbocycles. The molecule has 0 radical (unpaired) electrons. The zero-order valence-corrected chi connectivity index (χ0v) is 14.3. The Bertz CT molecular complexity index is 945. The molecule has 0 aromatic carbocycles. The molecular weight excluding hydrogens is 359 g/mol. The Morgan fingerprint density at radius 2 is 2.04 bits per heavy atom. The van der Waals surface area contributed by atoms with Crippen molar-refractivity contribution < 1.29 is 13.2 Å². The maximum Gasteiger partial charge on any atom is 0.417 e. The van der Waals surface area contributed by atoms with Gasteiger partial charge >= 0.3 is 6.18 Å². The summed E-state index contributed by atoms with van der Waals surface area (Å²) in [5.41, 5.74) is -0.0606. The van der Waals surface area contributed by atoms with Gasteiger partial charge in [0, 0.05) is 11.1 Å². The molecule has 1 N–H and O–H groups in total.